The molecule has 0 N–H and O–H groups in total. The largest absolute Gasteiger partial charge is 0.208 e. The second-order valence-electron chi connectivity index (χ2n) is 1.63. The Labute approximate surface area is 49.8 Å². The van der Waals surface area contributed by atoms with Gasteiger partial charge >= 0.3 is 0 Å². The van der Waals surface area contributed by atoms with Crippen LogP contribution in [-0.4, -0.2) is 7.85 Å². The van der Waals surface area contributed by atoms with Crippen LogP contribution in [0.5, 0.6) is 0 Å². The third kappa shape index (κ3) is 5.21. The molecule has 0 heterocycles. The van der Waals surface area contributed by atoms with Crippen molar-refractivity contribution < 1.29 is 4.39 Å². The van der Waals surface area contributed by atoms with Gasteiger partial charge in [0.15, 0.2) is 0 Å². The molecule has 0 saturated heterocycles. The fraction of sp³-hybridized carbons (Fsp3) is 0. The minimum absolute atomic E-state index is 0.437. The van der Waals surface area contributed by atoms with Crippen LogP contribution < -0.4 is 0 Å². The minimum atomic E-state index is -0.437. The molecule has 2 heteroatoms. The van der Waals surface area contributed by atoms with Crippen molar-refractivity contribution in [1.82, 2.24) is 0 Å². The third-order valence-electron chi connectivity index (χ3n) is 0.549. The first-order valence-corrected chi connectivity index (χ1v) is 2.31. The lowest BCUT2D eigenvalue weighted by molar-refractivity contribution is 0.671. The zero-order valence-electron chi connectivity index (χ0n) is 4.95. The molecule has 0 aromatic carbocycles. The molecule has 0 aliphatic rings. The predicted octanol–water partition coefficient (Wildman–Crippen LogP) is 1.17. The average molecular weight is 110 g/mol. The molecule has 8 heavy (non-hydrogen) atoms. The van der Waals surface area contributed by atoms with E-state index in [-0.39, 0.29) is 0 Å². The van der Waals surface area contributed by atoms with Crippen molar-refractivity contribution in [3.8, 4) is 0 Å². The van der Waals surface area contributed by atoms with Crippen molar-refractivity contribution >= 4 is 7.85 Å². The van der Waals surface area contributed by atoms with Gasteiger partial charge in [-0.2, -0.15) is 0 Å². The van der Waals surface area contributed by atoms with E-state index in [1.165, 1.54) is 6.08 Å². The number of hydrogen-bond acceptors (Lipinski definition) is 0. The topological polar surface area (TPSA) is 0 Å². The first-order chi connectivity index (χ1) is 3.63. The molecular weight excluding hydrogens is 102 g/mol. The molecule has 0 rings (SSSR count). The molecule has 0 unspecified atom stereocenters. The van der Waals surface area contributed by atoms with E-state index in [4.69, 9.17) is 0 Å². The number of allylic oxidation sites excluding steroid dienone is 4. The molecule has 0 aliphatic carbocycles. The molecular formula is C6H8BF. The summed E-state index contributed by atoms with van der Waals surface area (Å²) in [6.45, 7) is 6.56. The highest BCUT2D eigenvalue weighted by Gasteiger charge is 1.76. The van der Waals surface area contributed by atoms with Crippen LogP contribution >= 0.6 is 0 Å². The van der Waals surface area contributed by atoms with Gasteiger partial charge in [-0.1, -0.05) is 18.1 Å². The highest BCUT2D eigenvalue weighted by molar-refractivity contribution is 6.23. The lowest BCUT2D eigenvalue weighted by Crippen LogP contribution is -1.67. The van der Waals surface area contributed by atoms with Crippen molar-refractivity contribution in [3.63, 3.8) is 0 Å². The molecule has 0 atom stereocenters. The molecule has 0 aromatic heterocycles. The SMILES string of the molecule is BC(=C)/C=C\C(=C)F. The Hall–Kier alpha value is -0.785. The quantitative estimate of drug-likeness (QED) is 0.369. The lowest BCUT2D eigenvalue weighted by Gasteiger charge is -1.81. The van der Waals surface area contributed by atoms with E-state index >= 15 is 0 Å². The monoisotopic (exact) mass is 110 g/mol. The number of rotatable bonds is 2. The Morgan fingerprint density at radius 1 is 1.38 bits per heavy atom. The van der Waals surface area contributed by atoms with Gasteiger partial charge in [0.25, 0.3) is 0 Å². The summed E-state index contributed by atoms with van der Waals surface area (Å²) in [5.41, 5.74) is 0.823. The molecule has 42 valence electrons. The van der Waals surface area contributed by atoms with Crippen molar-refractivity contribution in [2.45, 2.75) is 0 Å². The van der Waals surface area contributed by atoms with Gasteiger partial charge in [-0.25, -0.2) is 4.39 Å². The van der Waals surface area contributed by atoms with Gasteiger partial charge in [0.2, 0.25) is 0 Å². The summed E-state index contributed by atoms with van der Waals surface area (Å²) >= 11 is 0. The van der Waals surface area contributed by atoms with Crippen LogP contribution in [0.15, 0.2) is 36.6 Å². The first kappa shape index (κ1) is 7.21. The van der Waals surface area contributed by atoms with Crippen LogP contribution in [0.3, 0.4) is 0 Å². The molecule has 0 spiro atoms. The predicted molar refractivity (Wildman–Crippen MR) is 37.1 cm³/mol. The lowest BCUT2D eigenvalue weighted by atomic mass is 9.98. The second-order valence-corrected chi connectivity index (χ2v) is 1.63. The van der Waals surface area contributed by atoms with E-state index in [0.717, 1.165) is 5.47 Å². The second kappa shape index (κ2) is 3.25. The summed E-state index contributed by atoms with van der Waals surface area (Å²) in [6, 6.07) is 0. The van der Waals surface area contributed by atoms with E-state index in [1.807, 2.05) is 0 Å². The van der Waals surface area contributed by atoms with Gasteiger partial charge in [-0.15, -0.1) is 6.58 Å². The normalized spacial score (nSPS) is 9.62. The summed E-state index contributed by atoms with van der Waals surface area (Å²) in [4.78, 5) is 0. The molecule has 0 aromatic rings. The van der Waals surface area contributed by atoms with Crippen LogP contribution in [0.2, 0.25) is 0 Å². The van der Waals surface area contributed by atoms with E-state index in [2.05, 4.69) is 13.2 Å². The van der Waals surface area contributed by atoms with E-state index in [1.54, 1.807) is 13.9 Å². The Morgan fingerprint density at radius 3 is 2.00 bits per heavy atom. The summed E-state index contributed by atoms with van der Waals surface area (Å²) in [5, 5.41) is 0. The number of hydrogen-bond donors (Lipinski definition) is 0. The standard InChI is InChI=1S/C6H8BF/c1-5(7)3-4-6(2)8/h3-4H,1-2,7H2/b4-3-. The Balaban J connectivity index is 3.67. The van der Waals surface area contributed by atoms with Crippen molar-refractivity contribution in [1.29, 1.82) is 0 Å². The Bertz CT molecular complexity index is 119. The fourth-order valence-corrected chi connectivity index (χ4v) is 0.233. The van der Waals surface area contributed by atoms with E-state index < -0.39 is 5.83 Å². The zero-order chi connectivity index (χ0) is 6.57. The molecule has 0 nitrogen and oxygen atoms in total. The van der Waals surface area contributed by atoms with Crippen LogP contribution in [0.25, 0.3) is 0 Å². The maximum atomic E-state index is 11.7. The van der Waals surface area contributed by atoms with Crippen molar-refractivity contribution in [3.05, 3.63) is 36.6 Å². The molecule has 0 bridgehead atoms. The highest BCUT2D eigenvalue weighted by atomic mass is 19.1. The minimum Gasteiger partial charge on any atom is -0.208 e. The van der Waals surface area contributed by atoms with E-state index in [0.29, 0.717) is 0 Å². The van der Waals surface area contributed by atoms with Gasteiger partial charge in [-0.3, -0.25) is 0 Å². The first-order valence-electron chi connectivity index (χ1n) is 2.31. The Morgan fingerprint density at radius 2 is 1.88 bits per heavy atom. The summed E-state index contributed by atoms with van der Waals surface area (Å²) in [7, 11) is 1.79. The van der Waals surface area contributed by atoms with Crippen LogP contribution in [0, 0.1) is 0 Å². The summed E-state index contributed by atoms with van der Waals surface area (Å²) in [6.07, 6.45) is 2.85. The summed E-state index contributed by atoms with van der Waals surface area (Å²) in [5.74, 6) is -0.437. The molecule has 0 amide bonds. The van der Waals surface area contributed by atoms with Crippen LogP contribution in [0.1, 0.15) is 0 Å². The molecule has 0 fully saturated rings. The van der Waals surface area contributed by atoms with Gasteiger partial charge in [-0.05, 0) is 6.08 Å². The van der Waals surface area contributed by atoms with Gasteiger partial charge in [0.1, 0.15) is 13.7 Å². The zero-order valence-corrected chi connectivity index (χ0v) is 4.95. The maximum Gasteiger partial charge on any atom is 0.138 e. The highest BCUT2D eigenvalue weighted by Crippen LogP contribution is 1.94. The summed E-state index contributed by atoms with van der Waals surface area (Å²) < 4.78 is 11.7. The smallest absolute Gasteiger partial charge is 0.138 e. The van der Waals surface area contributed by atoms with Crippen LogP contribution in [-0.2, 0) is 0 Å². The number of halogens is 1. The fourth-order valence-electron chi connectivity index (χ4n) is 0.233. The molecule has 0 aliphatic heterocycles. The maximum absolute atomic E-state index is 11.7. The van der Waals surface area contributed by atoms with E-state index in [9.17, 15) is 4.39 Å². The van der Waals surface area contributed by atoms with Crippen molar-refractivity contribution in [2.24, 2.45) is 0 Å². The molecule has 0 radical (unpaired) electrons. The third-order valence-corrected chi connectivity index (χ3v) is 0.549. The van der Waals surface area contributed by atoms with Crippen molar-refractivity contribution in [2.75, 3.05) is 0 Å². The van der Waals surface area contributed by atoms with Gasteiger partial charge in [0, 0.05) is 0 Å². The van der Waals surface area contributed by atoms with Gasteiger partial charge < -0.3 is 0 Å². The Kier molecular flexibility index (Phi) is 2.93. The van der Waals surface area contributed by atoms with Gasteiger partial charge in [0.05, 0.1) is 0 Å². The van der Waals surface area contributed by atoms with Crippen LogP contribution in [0.4, 0.5) is 4.39 Å². The molecule has 0 saturated carbocycles. The average Bonchev–Trinajstić information content (AvgIpc) is 1.61.